The molecule has 2 aliphatic carbocycles. The molecule has 1 saturated carbocycles. The summed E-state index contributed by atoms with van der Waals surface area (Å²) in [6.07, 6.45) is 12.6. The summed E-state index contributed by atoms with van der Waals surface area (Å²) in [5, 5.41) is 11.3. The number of imidazole rings is 1. The van der Waals surface area contributed by atoms with Crippen molar-refractivity contribution in [3.05, 3.63) is 78.9 Å². The van der Waals surface area contributed by atoms with Crippen LogP contribution in [0.15, 0.2) is 67.5 Å². The minimum Gasteiger partial charge on any atom is -0.321 e. The molecule has 1 amide bonds. The van der Waals surface area contributed by atoms with Crippen LogP contribution in [0, 0.1) is 0 Å². The van der Waals surface area contributed by atoms with Gasteiger partial charge in [0.15, 0.2) is 5.82 Å². The molecular formula is C23H19N7O. The molecule has 152 valence electrons. The van der Waals surface area contributed by atoms with Crippen molar-refractivity contribution in [3.63, 3.8) is 0 Å². The zero-order valence-corrected chi connectivity index (χ0v) is 16.6. The predicted octanol–water partition coefficient (Wildman–Crippen LogP) is 3.90. The molecule has 0 saturated heterocycles. The summed E-state index contributed by atoms with van der Waals surface area (Å²) in [5.41, 5.74) is 5.01. The number of carbonyl (C=O) groups excluding carboxylic acids is 1. The Hall–Kier alpha value is -4.07. The number of amides is 1. The van der Waals surface area contributed by atoms with Crippen molar-refractivity contribution < 1.29 is 4.79 Å². The Bertz CT molecular complexity index is 1330. The summed E-state index contributed by atoms with van der Waals surface area (Å²) in [7, 11) is 0. The highest BCUT2D eigenvalue weighted by atomic mass is 16.1. The lowest BCUT2D eigenvalue weighted by Gasteiger charge is -2.09. The van der Waals surface area contributed by atoms with Gasteiger partial charge in [0.1, 0.15) is 12.0 Å². The van der Waals surface area contributed by atoms with Gasteiger partial charge >= 0.3 is 0 Å². The standard InChI is InChI=1S/C23H19N7O/c31-23(20-11-19(8-9-24-20)29-12-21(25-13-29)15-4-5-15)27-17-3-1-2-16(10-17)22-28-26-14-30(22)18-6-7-18/h1-4,8-14,18H,5-7H2,(H,27,31). The highest BCUT2D eigenvalue weighted by Gasteiger charge is 2.26. The molecule has 3 aromatic heterocycles. The molecular weight excluding hydrogens is 390 g/mol. The first-order valence-corrected chi connectivity index (χ1v) is 10.3. The first kappa shape index (κ1) is 17.8. The van der Waals surface area contributed by atoms with Crippen LogP contribution in [0.1, 0.15) is 41.5 Å². The molecule has 8 nitrogen and oxygen atoms in total. The van der Waals surface area contributed by atoms with E-state index in [0.717, 1.165) is 42.0 Å². The average Bonchev–Trinajstić information content (AvgIpc) is 3.73. The Morgan fingerprint density at radius 3 is 2.84 bits per heavy atom. The van der Waals surface area contributed by atoms with E-state index in [2.05, 4.69) is 36.1 Å². The second-order valence-corrected chi connectivity index (χ2v) is 7.83. The fraction of sp³-hybridized carbons (Fsp3) is 0.174. The Morgan fingerprint density at radius 1 is 1.10 bits per heavy atom. The molecule has 0 aliphatic heterocycles. The summed E-state index contributed by atoms with van der Waals surface area (Å²) >= 11 is 0. The molecule has 3 heterocycles. The van der Waals surface area contributed by atoms with E-state index >= 15 is 0 Å². The van der Waals surface area contributed by atoms with Crippen molar-refractivity contribution >= 4 is 17.2 Å². The van der Waals surface area contributed by atoms with Gasteiger partial charge in [-0.1, -0.05) is 18.2 Å². The molecule has 31 heavy (non-hydrogen) atoms. The maximum atomic E-state index is 12.9. The van der Waals surface area contributed by atoms with E-state index in [4.69, 9.17) is 0 Å². The third-order valence-electron chi connectivity index (χ3n) is 5.49. The van der Waals surface area contributed by atoms with Crippen LogP contribution in [0.5, 0.6) is 0 Å². The van der Waals surface area contributed by atoms with Crippen LogP contribution in [0.3, 0.4) is 0 Å². The number of hydrogen-bond donors (Lipinski definition) is 1. The molecule has 0 bridgehead atoms. The Labute approximate surface area is 178 Å². The predicted molar refractivity (Wildman–Crippen MR) is 116 cm³/mol. The quantitative estimate of drug-likeness (QED) is 0.522. The van der Waals surface area contributed by atoms with Crippen LogP contribution in [0.4, 0.5) is 5.69 Å². The lowest BCUT2D eigenvalue weighted by Crippen LogP contribution is -2.14. The molecule has 1 aromatic carbocycles. The molecule has 0 radical (unpaired) electrons. The van der Waals surface area contributed by atoms with Crippen molar-refractivity contribution in [3.8, 4) is 17.1 Å². The largest absolute Gasteiger partial charge is 0.321 e. The number of nitrogens with one attached hydrogen (secondary N) is 1. The van der Waals surface area contributed by atoms with Gasteiger partial charge in [0.25, 0.3) is 5.91 Å². The topological polar surface area (TPSA) is 90.5 Å². The van der Waals surface area contributed by atoms with Gasteiger partial charge in [0, 0.05) is 29.7 Å². The van der Waals surface area contributed by atoms with E-state index < -0.39 is 0 Å². The zero-order valence-electron chi connectivity index (χ0n) is 16.6. The summed E-state index contributed by atoms with van der Waals surface area (Å²) in [5.74, 6) is 0.549. The van der Waals surface area contributed by atoms with Gasteiger partial charge in [-0.05, 0) is 49.1 Å². The number of anilines is 1. The monoisotopic (exact) mass is 409 g/mol. The maximum Gasteiger partial charge on any atom is 0.274 e. The first-order chi connectivity index (χ1) is 15.2. The van der Waals surface area contributed by atoms with E-state index in [1.165, 1.54) is 5.57 Å². The highest BCUT2D eigenvalue weighted by Crippen LogP contribution is 2.37. The summed E-state index contributed by atoms with van der Waals surface area (Å²) in [6, 6.07) is 11.7. The van der Waals surface area contributed by atoms with Gasteiger partial charge in [-0.25, -0.2) is 4.98 Å². The molecule has 0 spiro atoms. The first-order valence-electron chi connectivity index (χ1n) is 10.3. The molecule has 6 rings (SSSR count). The minimum atomic E-state index is -0.270. The van der Waals surface area contributed by atoms with Crippen LogP contribution < -0.4 is 5.32 Å². The second-order valence-electron chi connectivity index (χ2n) is 7.83. The number of carbonyl (C=O) groups is 1. The number of allylic oxidation sites excluding steroid dienone is 2. The third kappa shape index (κ3) is 3.52. The van der Waals surface area contributed by atoms with Crippen molar-refractivity contribution in [2.75, 3.05) is 5.32 Å². The van der Waals surface area contributed by atoms with E-state index in [1.807, 2.05) is 41.1 Å². The SMILES string of the molecule is O=C(Nc1cccc(-c2nncn2C2CC2)c1)c1cc(-n2cnc(C3=CC3)c2)ccn1. The number of pyridine rings is 1. The molecule has 0 atom stereocenters. The molecule has 1 N–H and O–H groups in total. The van der Waals surface area contributed by atoms with Crippen molar-refractivity contribution in [2.45, 2.75) is 25.3 Å². The average molecular weight is 409 g/mol. The van der Waals surface area contributed by atoms with Gasteiger partial charge in [0.2, 0.25) is 0 Å². The van der Waals surface area contributed by atoms with Crippen molar-refractivity contribution in [2.24, 2.45) is 0 Å². The van der Waals surface area contributed by atoms with Crippen LogP contribution in [0.25, 0.3) is 22.6 Å². The number of nitrogens with zero attached hydrogens (tertiary/aromatic N) is 6. The Morgan fingerprint density at radius 2 is 2.00 bits per heavy atom. The minimum absolute atomic E-state index is 0.270. The number of rotatable bonds is 6. The third-order valence-corrected chi connectivity index (χ3v) is 5.49. The van der Waals surface area contributed by atoms with Crippen LogP contribution in [-0.4, -0.2) is 35.2 Å². The summed E-state index contributed by atoms with van der Waals surface area (Å²) < 4.78 is 4.00. The lowest BCUT2D eigenvalue weighted by molar-refractivity contribution is 0.102. The van der Waals surface area contributed by atoms with E-state index in [9.17, 15) is 4.79 Å². The zero-order chi connectivity index (χ0) is 20.8. The maximum absolute atomic E-state index is 12.9. The van der Waals surface area contributed by atoms with Gasteiger partial charge in [-0.15, -0.1) is 10.2 Å². The van der Waals surface area contributed by atoms with E-state index in [1.54, 1.807) is 24.9 Å². The van der Waals surface area contributed by atoms with Crippen LogP contribution in [0.2, 0.25) is 0 Å². The van der Waals surface area contributed by atoms with Gasteiger partial charge in [-0.3, -0.25) is 9.78 Å². The van der Waals surface area contributed by atoms with Crippen molar-refractivity contribution in [1.29, 1.82) is 0 Å². The number of hydrogen-bond acceptors (Lipinski definition) is 5. The summed E-state index contributed by atoms with van der Waals surface area (Å²) in [4.78, 5) is 21.5. The Kier molecular flexibility index (Phi) is 4.02. The second kappa shape index (κ2) is 7.02. The molecule has 0 unspecified atom stereocenters. The van der Waals surface area contributed by atoms with Gasteiger partial charge in [-0.2, -0.15) is 0 Å². The molecule has 4 aromatic rings. The van der Waals surface area contributed by atoms with Crippen LogP contribution >= 0.6 is 0 Å². The van der Waals surface area contributed by atoms with E-state index in [0.29, 0.717) is 17.4 Å². The Balaban J connectivity index is 1.23. The molecule has 2 aliphatic rings. The van der Waals surface area contributed by atoms with Crippen molar-refractivity contribution in [1.82, 2.24) is 29.3 Å². The van der Waals surface area contributed by atoms with E-state index in [-0.39, 0.29) is 5.91 Å². The summed E-state index contributed by atoms with van der Waals surface area (Å²) in [6.45, 7) is 0. The van der Waals surface area contributed by atoms with Gasteiger partial charge < -0.3 is 14.5 Å². The van der Waals surface area contributed by atoms with Gasteiger partial charge in [0.05, 0.1) is 17.7 Å². The number of benzene rings is 1. The fourth-order valence-electron chi connectivity index (χ4n) is 3.59. The normalized spacial score (nSPS) is 14.9. The smallest absolute Gasteiger partial charge is 0.274 e. The molecule has 1 fully saturated rings. The van der Waals surface area contributed by atoms with Crippen LogP contribution in [-0.2, 0) is 0 Å². The highest BCUT2D eigenvalue weighted by molar-refractivity contribution is 6.03. The molecule has 8 heteroatoms. The number of aromatic nitrogens is 6. The lowest BCUT2D eigenvalue weighted by atomic mass is 10.2. The fourth-order valence-corrected chi connectivity index (χ4v) is 3.59.